The van der Waals surface area contributed by atoms with E-state index in [1.807, 2.05) is 0 Å². The number of ether oxygens (including phenoxy) is 1. The molecule has 1 aromatic heterocycles. The fraction of sp³-hybridized carbons (Fsp3) is 0. The van der Waals surface area contributed by atoms with Crippen molar-refractivity contribution in [1.29, 1.82) is 0 Å². The van der Waals surface area contributed by atoms with Crippen LogP contribution in [-0.2, 0) is 0 Å². The second-order valence-corrected chi connectivity index (χ2v) is 3.82. The van der Waals surface area contributed by atoms with Crippen LogP contribution in [0, 0.1) is 15.9 Å². The number of benzene rings is 1. The van der Waals surface area contributed by atoms with Crippen LogP contribution in [0.5, 0.6) is 11.6 Å². The molecule has 0 aliphatic carbocycles. The van der Waals surface area contributed by atoms with E-state index in [0.29, 0.717) is 0 Å². The maximum Gasteiger partial charge on any atom is 0.311 e. The summed E-state index contributed by atoms with van der Waals surface area (Å²) in [6.45, 7) is 0. The number of hydrogen-bond acceptors (Lipinski definition) is 6. The van der Waals surface area contributed by atoms with Crippen LogP contribution in [0.15, 0.2) is 41.6 Å². The van der Waals surface area contributed by atoms with Gasteiger partial charge < -0.3 is 15.7 Å². The lowest BCUT2D eigenvalue weighted by Gasteiger charge is -2.06. The van der Waals surface area contributed by atoms with Crippen LogP contribution in [0.4, 0.5) is 10.1 Å². The molecule has 9 heteroatoms. The van der Waals surface area contributed by atoms with Gasteiger partial charge >= 0.3 is 5.69 Å². The summed E-state index contributed by atoms with van der Waals surface area (Å²) < 4.78 is 18.4. The van der Waals surface area contributed by atoms with Gasteiger partial charge in [-0.3, -0.25) is 10.1 Å². The molecular weight excluding hydrogens is 283 g/mol. The summed E-state index contributed by atoms with van der Waals surface area (Å²) in [4.78, 5) is 14.0. The van der Waals surface area contributed by atoms with Gasteiger partial charge in [0.2, 0.25) is 11.6 Å². The lowest BCUT2D eigenvalue weighted by molar-refractivity contribution is -0.385. The third-order valence-corrected chi connectivity index (χ3v) is 2.43. The molecule has 2 aromatic rings. The molecule has 1 heterocycles. The SMILES string of the molecule is NC(=NO)c1cccc(Oc2cc(F)ccc2[N+](=O)[O-])n1. The Morgan fingerprint density at radius 1 is 1.43 bits per heavy atom. The largest absolute Gasteiger partial charge is 0.432 e. The summed E-state index contributed by atoms with van der Waals surface area (Å²) in [5.74, 6) is -1.31. The monoisotopic (exact) mass is 292 g/mol. The highest BCUT2D eigenvalue weighted by Gasteiger charge is 2.17. The minimum Gasteiger partial charge on any atom is -0.432 e. The molecule has 0 unspecified atom stereocenters. The Kier molecular flexibility index (Phi) is 3.93. The Bertz CT molecular complexity index is 720. The molecule has 1 aromatic carbocycles. The number of nitro benzene ring substituents is 1. The van der Waals surface area contributed by atoms with Gasteiger partial charge in [-0.1, -0.05) is 11.2 Å². The summed E-state index contributed by atoms with van der Waals surface area (Å²) in [6.07, 6.45) is 0. The lowest BCUT2D eigenvalue weighted by Crippen LogP contribution is -2.14. The van der Waals surface area contributed by atoms with E-state index < -0.39 is 16.4 Å². The number of pyridine rings is 1. The van der Waals surface area contributed by atoms with E-state index in [9.17, 15) is 14.5 Å². The van der Waals surface area contributed by atoms with E-state index in [0.717, 1.165) is 18.2 Å². The fourth-order valence-corrected chi connectivity index (χ4v) is 1.50. The predicted octanol–water partition coefficient (Wildman–Crippen LogP) is 2.02. The highest BCUT2D eigenvalue weighted by Crippen LogP contribution is 2.31. The van der Waals surface area contributed by atoms with Crippen LogP contribution in [0.3, 0.4) is 0 Å². The summed E-state index contributed by atoms with van der Waals surface area (Å²) >= 11 is 0. The molecule has 21 heavy (non-hydrogen) atoms. The molecule has 0 atom stereocenters. The molecular formula is C12H9FN4O4. The van der Waals surface area contributed by atoms with Gasteiger partial charge in [-0.25, -0.2) is 9.37 Å². The number of hydrogen-bond donors (Lipinski definition) is 2. The molecule has 0 spiro atoms. The molecule has 2 rings (SSSR count). The Balaban J connectivity index is 2.38. The van der Waals surface area contributed by atoms with Crippen LogP contribution in [0.2, 0.25) is 0 Å². The lowest BCUT2D eigenvalue weighted by atomic mass is 10.3. The number of oxime groups is 1. The summed E-state index contributed by atoms with van der Waals surface area (Å²) in [5.41, 5.74) is 5.07. The maximum atomic E-state index is 13.2. The van der Waals surface area contributed by atoms with Gasteiger partial charge in [-0.15, -0.1) is 0 Å². The molecule has 8 nitrogen and oxygen atoms in total. The second-order valence-electron chi connectivity index (χ2n) is 3.82. The summed E-state index contributed by atoms with van der Waals surface area (Å²) in [7, 11) is 0. The first-order valence-electron chi connectivity index (χ1n) is 5.58. The average Bonchev–Trinajstić information content (AvgIpc) is 2.46. The molecule has 0 aliphatic rings. The number of halogens is 1. The summed E-state index contributed by atoms with van der Waals surface area (Å²) in [6, 6.07) is 7.13. The number of nitrogens with zero attached hydrogens (tertiary/aromatic N) is 3. The molecule has 0 amide bonds. The molecule has 0 aliphatic heterocycles. The van der Waals surface area contributed by atoms with E-state index in [4.69, 9.17) is 15.7 Å². The van der Waals surface area contributed by atoms with Crippen LogP contribution in [0.1, 0.15) is 5.69 Å². The fourth-order valence-electron chi connectivity index (χ4n) is 1.50. The van der Waals surface area contributed by atoms with Crippen molar-refractivity contribution >= 4 is 11.5 Å². The molecule has 0 bridgehead atoms. The zero-order chi connectivity index (χ0) is 15.4. The van der Waals surface area contributed by atoms with E-state index in [1.165, 1.54) is 18.2 Å². The predicted molar refractivity (Wildman–Crippen MR) is 69.9 cm³/mol. The Labute approximate surface area is 117 Å². The minimum atomic E-state index is -0.706. The van der Waals surface area contributed by atoms with E-state index in [1.54, 1.807) is 0 Å². The molecule has 108 valence electrons. The van der Waals surface area contributed by atoms with Gasteiger partial charge in [0.05, 0.1) is 4.92 Å². The first kappa shape index (κ1) is 14.2. The molecule has 0 radical (unpaired) electrons. The van der Waals surface area contributed by atoms with Gasteiger partial charge in [0, 0.05) is 18.2 Å². The quantitative estimate of drug-likeness (QED) is 0.292. The van der Waals surface area contributed by atoms with Gasteiger partial charge in [-0.05, 0) is 12.1 Å². The smallest absolute Gasteiger partial charge is 0.311 e. The Morgan fingerprint density at radius 3 is 2.86 bits per heavy atom. The van der Waals surface area contributed by atoms with Crippen LogP contribution in [0.25, 0.3) is 0 Å². The van der Waals surface area contributed by atoms with E-state index >= 15 is 0 Å². The van der Waals surface area contributed by atoms with E-state index in [-0.39, 0.29) is 23.2 Å². The summed E-state index contributed by atoms with van der Waals surface area (Å²) in [5, 5.41) is 22.2. The van der Waals surface area contributed by atoms with Gasteiger partial charge in [0.1, 0.15) is 11.5 Å². The third kappa shape index (κ3) is 3.21. The van der Waals surface area contributed by atoms with Crippen LogP contribution >= 0.6 is 0 Å². The van der Waals surface area contributed by atoms with Gasteiger partial charge in [0.25, 0.3) is 0 Å². The van der Waals surface area contributed by atoms with Gasteiger partial charge in [0.15, 0.2) is 5.84 Å². The number of rotatable bonds is 4. The number of amidine groups is 1. The zero-order valence-corrected chi connectivity index (χ0v) is 10.4. The Morgan fingerprint density at radius 2 is 2.19 bits per heavy atom. The molecule has 0 saturated carbocycles. The van der Waals surface area contributed by atoms with E-state index in [2.05, 4.69) is 10.1 Å². The Hall–Kier alpha value is -3.23. The average molecular weight is 292 g/mol. The number of aromatic nitrogens is 1. The second kappa shape index (κ2) is 5.82. The number of nitrogens with two attached hydrogens (primary N) is 1. The normalized spacial score (nSPS) is 11.2. The standard InChI is InChI=1S/C12H9FN4O4/c13-7-4-5-9(17(19)20)10(6-7)21-11-3-1-2-8(15-11)12(14)16-18/h1-6,18H,(H2,14,16). The van der Waals surface area contributed by atoms with Crippen molar-refractivity contribution in [2.45, 2.75) is 0 Å². The number of nitro groups is 1. The molecule has 0 fully saturated rings. The highest BCUT2D eigenvalue weighted by atomic mass is 19.1. The maximum absolute atomic E-state index is 13.2. The topological polar surface area (TPSA) is 124 Å². The third-order valence-electron chi connectivity index (χ3n) is 2.43. The van der Waals surface area contributed by atoms with Crippen LogP contribution in [-0.4, -0.2) is 21.0 Å². The van der Waals surface area contributed by atoms with Crippen molar-refractivity contribution in [3.8, 4) is 11.6 Å². The van der Waals surface area contributed by atoms with Crippen molar-refractivity contribution in [2.75, 3.05) is 0 Å². The minimum absolute atomic E-state index is 0.0622. The molecule has 3 N–H and O–H groups in total. The first-order chi connectivity index (χ1) is 10.0. The van der Waals surface area contributed by atoms with Crippen LogP contribution < -0.4 is 10.5 Å². The van der Waals surface area contributed by atoms with Crippen molar-refractivity contribution in [3.05, 3.63) is 58.0 Å². The highest BCUT2D eigenvalue weighted by molar-refractivity contribution is 5.95. The zero-order valence-electron chi connectivity index (χ0n) is 10.4. The van der Waals surface area contributed by atoms with Crippen molar-refractivity contribution in [3.63, 3.8) is 0 Å². The van der Waals surface area contributed by atoms with Crippen molar-refractivity contribution < 1.29 is 19.3 Å². The van der Waals surface area contributed by atoms with Crippen molar-refractivity contribution in [2.24, 2.45) is 10.9 Å². The van der Waals surface area contributed by atoms with Crippen molar-refractivity contribution in [1.82, 2.24) is 4.98 Å². The first-order valence-corrected chi connectivity index (χ1v) is 5.58. The molecule has 0 saturated heterocycles. The van der Waals surface area contributed by atoms with Gasteiger partial charge in [-0.2, -0.15) is 0 Å².